The van der Waals surface area contributed by atoms with Crippen LogP contribution >= 0.6 is 15.8 Å². The predicted molar refractivity (Wildman–Crippen MR) is 107 cm³/mol. The zero-order valence-corrected chi connectivity index (χ0v) is 17.4. The van der Waals surface area contributed by atoms with Crippen molar-refractivity contribution in [1.82, 2.24) is 0 Å². The van der Waals surface area contributed by atoms with Crippen LogP contribution in [-0.2, 0) is 0 Å². The Kier molecular flexibility index (Phi) is 7.37. The van der Waals surface area contributed by atoms with E-state index >= 15 is 0 Å². The second-order valence-corrected chi connectivity index (χ2v) is 14.0. The number of benzene rings is 1. The Balaban J connectivity index is 0.000000399. The van der Waals surface area contributed by atoms with E-state index in [1.807, 2.05) is 5.30 Å². The smallest absolute Gasteiger partial charge is 0.418 e. The fourth-order valence-corrected chi connectivity index (χ4v) is 12.2. The van der Waals surface area contributed by atoms with Crippen LogP contribution in [-0.4, -0.2) is 29.9 Å². The van der Waals surface area contributed by atoms with Gasteiger partial charge in [-0.25, -0.2) is 0 Å². The van der Waals surface area contributed by atoms with Gasteiger partial charge in [0.2, 0.25) is 0 Å². The van der Waals surface area contributed by atoms with Crippen molar-refractivity contribution in [2.75, 3.05) is 0 Å². The summed E-state index contributed by atoms with van der Waals surface area (Å²) >= 11 is 0. The van der Waals surface area contributed by atoms with E-state index in [-0.39, 0.29) is 15.8 Å². The molecule has 25 heavy (non-hydrogen) atoms. The average Bonchev–Trinajstić information content (AvgIpc) is 3.00. The lowest BCUT2D eigenvalue weighted by Crippen LogP contribution is -2.28. The standard InChI is InChI=1S/C18H28P2.BF4/c1-13-9-10-14(2)19(13)17-7-5-6-8-18(17)20-15(3)11-12-16(20)4;2-1(3,4)5/h5-8,13-16H,9-12H2,1-4H3;/q;-1/p+1/t13-,14-,15-,16-;/m1./s1. The molecule has 0 bridgehead atoms. The third-order valence-corrected chi connectivity index (χ3v) is 12.9. The van der Waals surface area contributed by atoms with Gasteiger partial charge in [0.1, 0.15) is 0 Å². The number of halogens is 4. The van der Waals surface area contributed by atoms with Gasteiger partial charge in [0, 0.05) is 13.2 Å². The molecule has 0 nitrogen and oxygen atoms in total. The molecule has 7 heteroatoms. The molecule has 4 atom stereocenters. The molecule has 0 aromatic heterocycles. The highest BCUT2D eigenvalue weighted by molar-refractivity contribution is 7.73. The summed E-state index contributed by atoms with van der Waals surface area (Å²) in [5, 5.41) is 3.62. The Morgan fingerprint density at radius 2 is 1.28 bits per heavy atom. The monoisotopic (exact) mass is 394 g/mol. The number of hydrogen-bond donors (Lipinski definition) is 0. The molecule has 2 aliphatic rings. The summed E-state index contributed by atoms with van der Waals surface area (Å²) in [4.78, 5) is 0. The van der Waals surface area contributed by atoms with Gasteiger partial charge in [-0.1, -0.05) is 40.0 Å². The molecule has 0 saturated carbocycles. The molecule has 142 valence electrons. The molecule has 2 saturated heterocycles. The molecular weight excluding hydrogens is 365 g/mol. The summed E-state index contributed by atoms with van der Waals surface area (Å²) in [5.74, 6) is 0. The van der Waals surface area contributed by atoms with Crippen LogP contribution in [0.15, 0.2) is 24.3 Å². The van der Waals surface area contributed by atoms with Crippen LogP contribution in [0.1, 0.15) is 53.4 Å². The molecular formula is C18H29BF4P2. The SMILES string of the molecule is C[C@@H]1CC[C@@H](C)P1c1ccccc1[PH+]1[C@H](C)CC[C@H]1C.F[B-](F)(F)F. The van der Waals surface area contributed by atoms with Gasteiger partial charge < -0.3 is 17.3 Å². The Labute approximate surface area is 151 Å². The van der Waals surface area contributed by atoms with Gasteiger partial charge >= 0.3 is 7.25 Å². The first-order valence-corrected chi connectivity index (χ1v) is 12.3. The minimum Gasteiger partial charge on any atom is -0.418 e. The van der Waals surface area contributed by atoms with Crippen molar-refractivity contribution in [2.45, 2.75) is 76.0 Å². The van der Waals surface area contributed by atoms with E-state index in [1.54, 1.807) is 5.30 Å². The molecule has 2 fully saturated rings. The van der Waals surface area contributed by atoms with Crippen molar-refractivity contribution in [2.24, 2.45) is 0 Å². The van der Waals surface area contributed by atoms with Crippen molar-refractivity contribution in [3.05, 3.63) is 24.3 Å². The normalized spacial score (nSPS) is 31.0. The van der Waals surface area contributed by atoms with Gasteiger partial charge in [-0.05, 0) is 56.9 Å². The average molecular weight is 394 g/mol. The molecule has 1 aromatic carbocycles. The quantitative estimate of drug-likeness (QED) is 0.324. The van der Waals surface area contributed by atoms with Gasteiger partial charge in [0.15, 0.2) is 0 Å². The topological polar surface area (TPSA) is 0 Å². The Morgan fingerprint density at radius 3 is 1.76 bits per heavy atom. The molecule has 2 aliphatic heterocycles. The van der Waals surface area contributed by atoms with Crippen molar-refractivity contribution in [1.29, 1.82) is 0 Å². The van der Waals surface area contributed by atoms with Gasteiger partial charge in [0.25, 0.3) is 0 Å². The minimum atomic E-state index is -6.00. The third kappa shape index (κ3) is 5.67. The molecule has 1 aromatic rings. The highest BCUT2D eigenvalue weighted by Crippen LogP contribution is 2.58. The van der Waals surface area contributed by atoms with Crippen LogP contribution in [0.5, 0.6) is 0 Å². The van der Waals surface area contributed by atoms with Gasteiger partial charge in [0.05, 0.1) is 16.6 Å². The predicted octanol–water partition coefficient (Wildman–Crippen LogP) is 6.07. The van der Waals surface area contributed by atoms with E-state index in [9.17, 15) is 17.3 Å². The molecule has 0 unspecified atom stereocenters. The highest BCUT2D eigenvalue weighted by Gasteiger charge is 2.42. The first kappa shape index (κ1) is 21.2. The molecule has 0 aliphatic carbocycles. The first-order valence-electron chi connectivity index (χ1n) is 9.21. The zero-order valence-electron chi connectivity index (χ0n) is 15.5. The first-order chi connectivity index (χ1) is 11.6. The van der Waals surface area contributed by atoms with Crippen LogP contribution in [0.2, 0.25) is 0 Å². The minimum absolute atomic E-state index is 0.0878. The lowest BCUT2D eigenvalue weighted by molar-refractivity contribution is 0.368. The van der Waals surface area contributed by atoms with E-state index in [2.05, 4.69) is 52.0 Å². The number of hydrogen-bond acceptors (Lipinski definition) is 0. The number of rotatable bonds is 2. The molecule has 0 amide bonds. The Morgan fingerprint density at radius 1 is 0.840 bits per heavy atom. The molecule has 0 spiro atoms. The summed E-state index contributed by atoms with van der Waals surface area (Å²) in [6, 6.07) is 9.59. The van der Waals surface area contributed by atoms with Gasteiger partial charge in [-0.15, -0.1) is 0 Å². The third-order valence-electron chi connectivity index (χ3n) is 5.54. The van der Waals surface area contributed by atoms with Crippen LogP contribution in [0.4, 0.5) is 17.3 Å². The maximum absolute atomic E-state index is 9.75. The van der Waals surface area contributed by atoms with Gasteiger partial charge in [-0.3, -0.25) is 0 Å². The lowest BCUT2D eigenvalue weighted by atomic mass is 10.2. The molecule has 2 heterocycles. The van der Waals surface area contributed by atoms with E-state index in [0.717, 1.165) is 22.6 Å². The van der Waals surface area contributed by atoms with E-state index in [1.165, 1.54) is 25.7 Å². The van der Waals surface area contributed by atoms with Crippen LogP contribution in [0, 0.1) is 0 Å². The Hall–Kier alpha value is -0.135. The second-order valence-electron chi connectivity index (χ2n) is 7.53. The van der Waals surface area contributed by atoms with Gasteiger partial charge in [-0.2, -0.15) is 0 Å². The summed E-state index contributed by atoms with van der Waals surface area (Å²) in [6.45, 7) is 10.0. The largest absolute Gasteiger partial charge is 0.673 e. The summed E-state index contributed by atoms with van der Waals surface area (Å²) in [5.41, 5.74) is 3.82. The summed E-state index contributed by atoms with van der Waals surface area (Å²) in [7, 11) is -6.25. The Bertz CT molecular complexity index is 497. The van der Waals surface area contributed by atoms with Crippen LogP contribution in [0.25, 0.3) is 0 Å². The summed E-state index contributed by atoms with van der Waals surface area (Å²) < 4.78 is 39.0. The fourth-order valence-electron chi connectivity index (χ4n) is 4.44. The maximum atomic E-state index is 9.75. The molecule has 3 rings (SSSR count). The van der Waals surface area contributed by atoms with Crippen molar-refractivity contribution >= 4 is 33.7 Å². The van der Waals surface area contributed by atoms with E-state index < -0.39 is 7.25 Å². The highest BCUT2D eigenvalue weighted by atomic mass is 31.1. The van der Waals surface area contributed by atoms with E-state index in [4.69, 9.17) is 0 Å². The molecule has 0 N–H and O–H groups in total. The second kappa shape index (κ2) is 8.70. The van der Waals surface area contributed by atoms with Crippen LogP contribution in [0.3, 0.4) is 0 Å². The van der Waals surface area contributed by atoms with Crippen molar-refractivity contribution in [3.63, 3.8) is 0 Å². The lowest BCUT2D eigenvalue weighted by Gasteiger charge is -2.25. The molecule has 0 radical (unpaired) electrons. The van der Waals surface area contributed by atoms with E-state index in [0.29, 0.717) is 0 Å². The van der Waals surface area contributed by atoms with Crippen molar-refractivity contribution < 1.29 is 17.3 Å². The summed E-state index contributed by atoms with van der Waals surface area (Å²) in [6.07, 6.45) is 5.84. The zero-order chi connectivity index (χ0) is 18.8. The van der Waals surface area contributed by atoms with Crippen LogP contribution < -0.4 is 10.6 Å². The van der Waals surface area contributed by atoms with Crippen molar-refractivity contribution in [3.8, 4) is 0 Å². The maximum Gasteiger partial charge on any atom is 0.673 e. The fraction of sp³-hybridized carbons (Fsp3) is 0.667.